The molecule has 1 aromatic carbocycles. The zero-order valence-electron chi connectivity index (χ0n) is 14.4. The Morgan fingerprint density at radius 2 is 1.84 bits per heavy atom. The fourth-order valence-corrected chi connectivity index (χ4v) is 3.73. The number of furan rings is 1. The molecule has 0 radical (unpaired) electrons. The van der Waals surface area contributed by atoms with Crippen LogP contribution in [0.3, 0.4) is 0 Å². The average Bonchev–Trinajstić information content (AvgIpc) is 3.10. The van der Waals surface area contributed by atoms with Crippen LogP contribution >= 0.6 is 0 Å². The number of benzene rings is 1. The van der Waals surface area contributed by atoms with Crippen LogP contribution in [0.5, 0.6) is 0 Å². The van der Waals surface area contributed by atoms with Gasteiger partial charge in [-0.2, -0.15) is 0 Å². The minimum absolute atomic E-state index is 0.0638. The van der Waals surface area contributed by atoms with Crippen LogP contribution in [0.25, 0.3) is 0 Å². The third kappa shape index (κ3) is 6.36. The highest BCUT2D eigenvalue weighted by atomic mass is 32.2. The number of amides is 1. The molecule has 1 atom stereocenters. The van der Waals surface area contributed by atoms with Crippen LogP contribution in [-0.2, 0) is 27.8 Å². The van der Waals surface area contributed by atoms with E-state index >= 15 is 0 Å². The van der Waals surface area contributed by atoms with Gasteiger partial charge in [0, 0.05) is 0 Å². The minimum Gasteiger partial charge on any atom is -0.467 e. The summed E-state index contributed by atoms with van der Waals surface area (Å²) < 4.78 is 32.4. The predicted octanol–water partition coefficient (Wildman–Crippen LogP) is 2.08. The molecule has 0 spiro atoms. The molecule has 2 aromatic rings. The molecule has 0 unspecified atom stereocenters. The van der Waals surface area contributed by atoms with Crippen molar-refractivity contribution in [1.82, 2.24) is 10.0 Å². The van der Waals surface area contributed by atoms with E-state index in [0.29, 0.717) is 12.2 Å². The van der Waals surface area contributed by atoms with E-state index < -0.39 is 16.1 Å². The molecule has 0 aliphatic heterocycles. The number of aryl methyl sites for hydroxylation is 1. The van der Waals surface area contributed by atoms with Gasteiger partial charge in [0.2, 0.25) is 15.9 Å². The van der Waals surface area contributed by atoms with Crippen LogP contribution in [0.1, 0.15) is 25.2 Å². The van der Waals surface area contributed by atoms with Gasteiger partial charge in [-0.05, 0) is 30.0 Å². The summed E-state index contributed by atoms with van der Waals surface area (Å²) in [5.74, 6) is 0.00619. The Hall–Kier alpha value is -2.12. The van der Waals surface area contributed by atoms with Crippen molar-refractivity contribution in [3.63, 3.8) is 0 Å². The first kappa shape index (κ1) is 19.2. The highest BCUT2D eigenvalue weighted by Gasteiger charge is 2.27. The van der Waals surface area contributed by atoms with E-state index in [1.165, 1.54) is 6.26 Å². The molecule has 136 valence electrons. The summed E-state index contributed by atoms with van der Waals surface area (Å²) in [5.41, 5.74) is 0.941. The van der Waals surface area contributed by atoms with Gasteiger partial charge in [-0.3, -0.25) is 4.79 Å². The smallest absolute Gasteiger partial charge is 0.238 e. The maximum absolute atomic E-state index is 12.4. The number of nitrogens with one attached hydrogen (secondary N) is 2. The summed E-state index contributed by atoms with van der Waals surface area (Å²) >= 11 is 0. The highest BCUT2D eigenvalue weighted by molar-refractivity contribution is 7.89. The number of carbonyl (C=O) groups is 1. The van der Waals surface area contributed by atoms with E-state index in [9.17, 15) is 13.2 Å². The number of carbonyl (C=O) groups excluding carboxylic acids is 1. The molecule has 1 heterocycles. The number of hydrogen-bond acceptors (Lipinski definition) is 4. The molecular weight excluding hydrogens is 340 g/mol. The molecule has 0 bridgehead atoms. The fraction of sp³-hybridized carbons (Fsp3) is 0.389. The molecule has 1 aromatic heterocycles. The standard InChI is InChI=1S/C18H24N2O4S/c1-14(2)17(18(21)19-13-16-9-6-11-24-16)20-25(22,23)12-10-15-7-4-3-5-8-15/h3-9,11,14,17,20H,10,12-13H2,1-2H3,(H,19,21)/t17-/m1/s1. The first-order valence-electron chi connectivity index (χ1n) is 8.21. The molecule has 0 aliphatic rings. The first-order valence-corrected chi connectivity index (χ1v) is 9.86. The van der Waals surface area contributed by atoms with Crippen LogP contribution in [0, 0.1) is 5.92 Å². The predicted molar refractivity (Wildman–Crippen MR) is 96.2 cm³/mol. The van der Waals surface area contributed by atoms with E-state index in [0.717, 1.165) is 5.56 Å². The van der Waals surface area contributed by atoms with Crippen molar-refractivity contribution in [3.8, 4) is 0 Å². The molecule has 0 saturated heterocycles. The number of rotatable bonds is 9. The Labute approximate surface area is 148 Å². The van der Waals surface area contributed by atoms with E-state index in [1.54, 1.807) is 26.0 Å². The molecule has 0 fully saturated rings. The lowest BCUT2D eigenvalue weighted by Crippen LogP contribution is -2.50. The van der Waals surface area contributed by atoms with Crippen molar-refractivity contribution in [2.45, 2.75) is 32.9 Å². The van der Waals surface area contributed by atoms with Crippen LogP contribution in [-0.4, -0.2) is 26.1 Å². The van der Waals surface area contributed by atoms with Gasteiger partial charge in [-0.1, -0.05) is 44.2 Å². The normalized spacial score (nSPS) is 12.9. The molecule has 1 amide bonds. The van der Waals surface area contributed by atoms with Gasteiger partial charge in [-0.25, -0.2) is 13.1 Å². The van der Waals surface area contributed by atoms with Crippen molar-refractivity contribution in [3.05, 3.63) is 60.1 Å². The van der Waals surface area contributed by atoms with Gasteiger partial charge >= 0.3 is 0 Å². The second kappa shape index (κ2) is 8.82. The van der Waals surface area contributed by atoms with Gasteiger partial charge in [0.05, 0.1) is 18.6 Å². The Morgan fingerprint density at radius 1 is 1.12 bits per heavy atom. The van der Waals surface area contributed by atoms with Crippen LogP contribution in [0.2, 0.25) is 0 Å². The largest absolute Gasteiger partial charge is 0.467 e. The molecule has 25 heavy (non-hydrogen) atoms. The first-order chi connectivity index (χ1) is 11.9. The molecule has 6 nitrogen and oxygen atoms in total. The fourth-order valence-electron chi connectivity index (χ4n) is 2.34. The summed E-state index contributed by atoms with van der Waals surface area (Å²) in [6.07, 6.45) is 1.92. The monoisotopic (exact) mass is 364 g/mol. The third-order valence-electron chi connectivity index (χ3n) is 3.77. The van der Waals surface area contributed by atoms with E-state index in [-0.39, 0.29) is 24.1 Å². The van der Waals surface area contributed by atoms with Crippen molar-refractivity contribution in [2.75, 3.05) is 5.75 Å². The molecule has 2 rings (SSSR count). The summed E-state index contributed by atoms with van der Waals surface area (Å²) in [6.45, 7) is 3.83. The second-order valence-corrected chi connectivity index (χ2v) is 8.06. The minimum atomic E-state index is -3.58. The summed E-state index contributed by atoms with van der Waals surface area (Å²) in [7, 11) is -3.58. The Morgan fingerprint density at radius 3 is 2.44 bits per heavy atom. The van der Waals surface area contributed by atoms with Gasteiger partial charge in [0.15, 0.2) is 0 Å². The van der Waals surface area contributed by atoms with E-state index in [2.05, 4.69) is 10.0 Å². The topological polar surface area (TPSA) is 88.4 Å². The molecule has 0 saturated carbocycles. The van der Waals surface area contributed by atoms with Gasteiger partial charge in [-0.15, -0.1) is 0 Å². The van der Waals surface area contributed by atoms with Crippen LogP contribution in [0.15, 0.2) is 53.1 Å². The zero-order chi connectivity index (χ0) is 18.3. The second-order valence-electron chi connectivity index (χ2n) is 6.19. The Bertz CT molecular complexity index is 756. The lowest BCUT2D eigenvalue weighted by molar-refractivity contribution is -0.123. The van der Waals surface area contributed by atoms with E-state index in [4.69, 9.17) is 4.42 Å². The van der Waals surface area contributed by atoms with Crippen molar-refractivity contribution < 1.29 is 17.6 Å². The molecule has 0 aliphatic carbocycles. The maximum atomic E-state index is 12.4. The molecule has 7 heteroatoms. The van der Waals surface area contributed by atoms with E-state index in [1.807, 2.05) is 30.3 Å². The highest BCUT2D eigenvalue weighted by Crippen LogP contribution is 2.07. The van der Waals surface area contributed by atoms with Gasteiger partial charge in [0.1, 0.15) is 11.8 Å². The summed E-state index contributed by atoms with van der Waals surface area (Å²) in [6, 6.07) is 12.0. The quantitative estimate of drug-likeness (QED) is 0.713. The number of sulfonamides is 1. The van der Waals surface area contributed by atoms with Crippen molar-refractivity contribution in [2.24, 2.45) is 5.92 Å². The lowest BCUT2D eigenvalue weighted by Gasteiger charge is -2.21. The molecule has 2 N–H and O–H groups in total. The summed E-state index contributed by atoms with van der Waals surface area (Å²) in [5, 5.41) is 2.70. The average molecular weight is 364 g/mol. The van der Waals surface area contributed by atoms with Crippen molar-refractivity contribution in [1.29, 1.82) is 0 Å². The SMILES string of the molecule is CC(C)[C@@H](NS(=O)(=O)CCc1ccccc1)C(=O)NCc1ccco1. The van der Waals surface area contributed by atoms with Crippen LogP contribution in [0.4, 0.5) is 0 Å². The number of hydrogen-bond donors (Lipinski definition) is 2. The van der Waals surface area contributed by atoms with Crippen molar-refractivity contribution >= 4 is 15.9 Å². The van der Waals surface area contributed by atoms with Gasteiger partial charge < -0.3 is 9.73 Å². The van der Waals surface area contributed by atoms with Gasteiger partial charge in [0.25, 0.3) is 0 Å². The maximum Gasteiger partial charge on any atom is 0.238 e. The lowest BCUT2D eigenvalue weighted by atomic mass is 10.1. The molecular formula is C18H24N2O4S. The van der Waals surface area contributed by atoms with Crippen LogP contribution < -0.4 is 10.0 Å². The Kier molecular flexibility index (Phi) is 6.78. The Balaban J connectivity index is 1.93. The summed E-state index contributed by atoms with van der Waals surface area (Å²) in [4.78, 5) is 12.4. The third-order valence-corrected chi connectivity index (χ3v) is 5.13. The zero-order valence-corrected chi connectivity index (χ0v) is 15.3.